The van der Waals surface area contributed by atoms with Gasteiger partial charge in [-0.05, 0) is 58.3 Å². The number of hydrazone groups is 1. The summed E-state index contributed by atoms with van der Waals surface area (Å²) in [5.74, 6) is 0.371. The number of halogens is 2. The Morgan fingerprint density at radius 3 is 2.43 bits per heavy atom. The Morgan fingerprint density at radius 2 is 1.71 bits per heavy atom. The summed E-state index contributed by atoms with van der Waals surface area (Å²) in [6.45, 7) is 0.116. The molecule has 0 aliphatic heterocycles. The molecule has 1 N–H and O–H groups in total. The molecule has 6 nitrogen and oxygen atoms in total. The maximum atomic E-state index is 13.4. The molecule has 4 aromatic rings. The van der Waals surface area contributed by atoms with Gasteiger partial charge < -0.3 is 14.2 Å². The second-order valence-electron chi connectivity index (χ2n) is 7.55. The zero-order chi connectivity index (χ0) is 24.8. The van der Waals surface area contributed by atoms with Crippen molar-refractivity contribution in [3.05, 3.63) is 100 Å². The van der Waals surface area contributed by atoms with Gasteiger partial charge in [-0.25, -0.2) is 9.82 Å². The minimum Gasteiger partial charge on any atom is -0.496 e. The normalized spacial score (nSPS) is 11.0. The Bertz CT molecular complexity index is 1410. The number of amides is 1. The summed E-state index contributed by atoms with van der Waals surface area (Å²) >= 11 is 6.40. The number of rotatable bonds is 8. The molecule has 0 fully saturated rings. The fourth-order valence-electron chi connectivity index (χ4n) is 3.53. The fourth-order valence-corrected chi connectivity index (χ4v) is 3.80. The molecule has 0 bridgehead atoms. The predicted molar refractivity (Wildman–Crippen MR) is 134 cm³/mol. The standard InChI is InChI=1S/C27H22ClFN2O4/c1-33-24-14-20-8-4-3-7-19(20)13-22(24)27(32)31-30-15-18-11-23(28)26(25(12-18)34-2)35-16-17-6-5-9-21(29)10-17/h3-15H,16H2,1-2H3,(H,31,32). The number of nitrogens with zero attached hydrogens (tertiary/aromatic N) is 1. The molecule has 0 aliphatic carbocycles. The van der Waals surface area contributed by atoms with Gasteiger partial charge in [-0.15, -0.1) is 0 Å². The Balaban J connectivity index is 1.48. The van der Waals surface area contributed by atoms with Crippen LogP contribution < -0.4 is 19.6 Å². The lowest BCUT2D eigenvalue weighted by Crippen LogP contribution is -2.18. The van der Waals surface area contributed by atoms with Gasteiger partial charge in [-0.3, -0.25) is 4.79 Å². The van der Waals surface area contributed by atoms with Gasteiger partial charge in [0, 0.05) is 0 Å². The molecule has 0 saturated heterocycles. The highest BCUT2D eigenvalue weighted by molar-refractivity contribution is 6.32. The van der Waals surface area contributed by atoms with Crippen molar-refractivity contribution in [1.82, 2.24) is 5.43 Å². The van der Waals surface area contributed by atoms with Crippen molar-refractivity contribution in [3.8, 4) is 17.2 Å². The van der Waals surface area contributed by atoms with E-state index < -0.39 is 5.91 Å². The number of carbonyl (C=O) groups is 1. The van der Waals surface area contributed by atoms with Crippen LogP contribution in [0.1, 0.15) is 21.5 Å². The first-order valence-corrected chi connectivity index (χ1v) is 11.0. The van der Waals surface area contributed by atoms with E-state index >= 15 is 0 Å². The third-order valence-corrected chi connectivity index (χ3v) is 5.50. The van der Waals surface area contributed by atoms with Crippen molar-refractivity contribution in [2.75, 3.05) is 14.2 Å². The number of fused-ring (bicyclic) bond motifs is 1. The van der Waals surface area contributed by atoms with Crippen molar-refractivity contribution < 1.29 is 23.4 Å². The number of methoxy groups -OCH3 is 2. The average molecular weight is 493 g/mol. The van der Waals surface area contributed by atoms with Gasteiger partial charge in [0.25, 0.3) is 5.91 Å². The highest BCUT2D eigenvalue weighted by Crippen LogP contribution is 2.36. The maximum Gasteiger partial charge on any atom is 0.275 e. The molecular formula is C27H22ClFN2O4. The van der Waals surface area contributed by atoms with Gasteiger partial charge >= 0.3 is 0 Å². The quantitative estimate of drug-likeness (QED) is 0.242. The zero-order valence-electron chi connectivity index (χ0n) is 19.0. The lowest BCUT2D eigenvalue weighted by molar-refractivity contribution is 0.0952. The van der Waals surface area contributed by atoms with Crippen LogP contribution in [0.4, 0.5) is 4.39 Å². The summed E-state index contributed by atoms with van der Waals surface area (Å²) in [6, 6.07) is 20.6. The molecule has 0 unspecified atom stereocenters. The monoisotopic (exact) mass is 492 g/mol. The number of hydrogen-bond donors (Lipinski definition) is 1. The molecule has 35 heavy (non-hydrogen) atoms. The summed E-state index contributed by atoms with van der Waals surface area (Å²) in [6.07, 6.45) is 1.44. The van der Waals surface area contributed by atoms with Crippen LogP contribution in [0.25, 0.3) is 10.8 Å². The average Bonchev–Trinajstić information content (AvgIpc) is 2.86. The lowest BCUT2D eigenvalue weighted by Gasteiger charge is -2.13. The van der Waals surface area contributed by atoms with Gasteiger partial charge in [-0.2, -0.15) is 5.10 Å². The van der Waals surface area contributed by atoms with E-state index in [1.807, 2.05) is 24.3 Å². The molecule has 178 valence electrons. The van der Waals surface area contributed by atoms with Crippen LogP contribution in [0, 0.1) is 5.82 Å². The van der Waals surface area contributed by atoms with E-state index in [9.17, 15) is 9.18 Å². The molecule has 1 amide bonds. The third kappa shape index (κ3) is 5.70. The van der Waals surface area contributed by atoms with E-state index in [4.69, 9.17) is 25.8 Å². The van der Waals surface area contributed by atoms with Crippen LogP contribution >= 0.6 is 11.6 Å². The first-order valence-electron chi connectivity index (χ1n) is 10.6. The third-order valence-electron chi connectivity index (χ3n) is 5.22. The molecule has 0 atom stereocenters. The topological polar surface area (TPSA) is 69.2 Å². The van der Waals surface area contributed by atoms with Crippen molar-refractivity contribution in [1.29, 1.82) is 0 Å². The van der Waals surface area contributed by atoms with Gasteiger partial charge in [0.1, 0.15) is 18.2 Å². The summed E-state index contributed by atoms with van der Waals surface area (Å²) < 4.78 is 29.9. The Hall–Kier alpha value is -4.10. The van der Waals surface area contributed by atoms with E-state index in [-0.39, 0.29) is 17.4 Å². The first kappa shape index (κ1) is 24.0. The number of nitrogens with one attached hydrogen (secondary N) is 1. The molecule has 0 spiro atoms. The van der Waals surface area contributed by atoms with Gasteiger partial charge in [0.2, 0.25) is 0 Å². The van der Waals surface area contributed by atoms with Gasteiger partial charge in [0.05, 0.1) is 31.0 Å². The van der Waals surface area contributed by atoms with Crippen LogP contribution in [-0.2, 0) is 6.61 Å². The minimum absolute atomic E-state index is 0.116. The number of carbonyl (C=O) groups excluding carboxylic acids is 1. The van der Waals surface area contributed by atoms with E-state index in [0.29, 0.717) is 33.9 Å². The zero-order valence-corrected chi connectivity index (χ0v) is 19.8. The van der Waals surface area contributed by atoms with Crippen LogP contribution in [0.2, 0.25) is 5.02 Å². The maximum absolute atomic E-state index is 13.4. The van der Waals surface area contributed by atoms with Crippen molar-refractivity contribution in [2.24, 2.45) is 5.10 Å². The Morgan fingerprint density at radius 1 is 0.971 bits per heavy atom. The van der Waals surface area contributed by atoms with Gasteiger partial charge in [0.15, 0.2) is 11.5 Å². The Labute approximate surface area is 206 Å². The Kier molecular flexibility index (Phi) is 7.48. The van der Waals surface area contributed by atoms with Crippen LogP contribution in [0.15, 0.2) is 77.9 Å². The van der Waals surface area contributed by atoms with Crippen molar-refractivity contribution in [3.63, 3.8) is 0 Å². The SMILES string of the molecule is COc1cc2ccccc2cc1C(=O)NN=Cc1cc(Cl)c(OCc2cccc(F)c2)c(OC)c1. The summed E-state index contributed by atoms with van der Waals surface area (Å²) in [4.78, 5) is 12.7. The molecule has 0 aromatic heterocycles. The smallest absolute Gasteiger partial charge is 0.275 e. The van der Waals surface area contributed by atoms with E-state index in [1.165, 1.54) is 32.6 Å². The lowest BCUT2D eigenvalue weighted by atomic mass is 10.1. The molecule has 4 rings (SSSR count). The summed E-state index contributed by atoms with van der Waals surface area (Å²) in [7, 11) is 2.99. The summed E-state index contributed by atoms with van der Waals surface area (Å²) in [5.41, 5.74) is 4.10. The van der Waals surface area contributed by atoms with Gasteiger partial charge in [-0.1, -0.05) is 48.0 Å². The number of ether oxygens (including phenoxy) is 3. The second-order valence-corrected chi connectivity index (χ2v) is 7.96. The first-order chi connectivity index (χ1) is 17.0. The summed E-state index contributed by atoms with van der Waals surface area (Å²) in [5, 5.41) is 6.20. The molecule has 0 heterocycles. The molecule has 0 saturated carbocycles. The fraction of sp³-hybridized carbons (Fsp3) is 0.111. The van der Waals surface area contributed by atoms with E-state index in [0.717, 1.165) is 10.8 Å². The van der Waals surface area contributed by atoms with Crippen molar-refractivity contribution >= 4 is 34.5 Å². The molecular weight excluding hydrogens is 471 g/mol. The minimum atomic E-state index is -0.419. The molecule has 0 radical (unpaired) electrons. The second kappa shape index (κ2) is 10.9. The number of hydrogen-bond acceptors (Lipinski definition) is 5. The van der Waals surface area contributed by atoms with Crippen molar-refractivity contribution in [2.45, 2.75) is 6.61 Å². The molecule has 0 aliphatic rings. The molecule has 4 aromatic carbocycles. The molecule has 8 heteroatoms. The van der Waals surface area contributed by atoms with E-state index in [2.05, 4.69) is 10.5 Å². The van der Waals surface area contributed by atoms with Crippen LogP contribution in [-0.4, -0.2) is 26.3 Å². The van der Waals surface area contributed by atoms with Crippen LogP contribution in [0.3, 0.4) is 0 Å². The van der Waals surface area contributed by atoms with E-state index in [1.54, 1.807) is 36.4 Å². The highest BCUT2D eigenvalue weighted by Gasteiger charge is 2.14. The van der Waals surface area contributed by atoms with Crippen LogP contribution in [0.5, 0.6) is 17.2 Å². The number of benzene rings is 4. The predicted octanol–water partition coefficient (Wildman–Crippen LogP) is 5.99. The largest absolute Gasteiger partial charge is 0.496 e. The highest BCUT2D eigenvalue weighted by atomic mass is 35.5.